The van der Waals surface area contributed by atoms with Crippen molar-refractivity contribution in [3.05, 3.63) is 29.3 Å². The van der Waals surface area contributed by atoms with Gasteiger partial charge in [-0.3, -0.25) is 14.4 Å². The van der Waals surface area contributed by atoms with Gasteiger partial charge in [0.2, 0.25) is 11.8 Å². The molecule has 1 aromatic carbocycles. The first-order chi connectivity index (χ1) is 10.4. The number of anilines is 1. The first-order valence-electron chi connectivity index (χ1n) is 7.39. The van der Waals surface area contributed by atoms with E-state index in [9.17, 15) is 14.4 Å². The number of aryl methyl sites for hydroxylation is 1. The lowest BCUT2D eigenvalue weighted by atomic mass is 9.97. The fraction of sp³-hybridized carbons (Fsp3) is 0.438. The summed E-state index contributed by atoms with van der Waals surface area (Å²) < 4.78 is 0. The van der Waals surface area contributed by atoms with Crippen molar-refractivity contribution in [2.45, 2.75) is 38.6 Å². The summed E-state index contributed by atoms with van der Waals surface area (Å²) in [5.74, 6) is -1.46. The molecule has 2 aliphatic rings. The van der Waals surface area contributed by atoms with Crippen LogP contribution in [0.4, 0.5) is 5.69 Å². The number of aliphatic carboxylic acids is 1. The number of carbonyl (C=O) groups excluding carboxylic acids is 2. The number of amides is 2. The van der Waals surface area contributed by atoms with E-state index >= 15 is 0 Å². The Morgan fingerprint density at radius 1 is 1.32 bits per heavy atom. The molecule has 0 radical (unpaired) electrons. The van der Waals surface area contributed by atoms with Crippen molar-refractivity contribution in [3.63, 3.8) is 0 Å². The Balaban J connectivity index is 1.73. The molecule has 0 bridgehead atoms. The van der Waals surface area contributed by atoms with E-state index in [4.69, 9.17) is 5.11 Å². The minimum atomic E-state index is -1.23. The molecule has 22 heavy (non-hydrogen) atoms. The summed E-state index contributed by atoms with van der Waals surface area (Å²) in [5.41, 5.74) is 1.53. The predicted octanol–water partition coefficient (Wildman–Crippen LogP) is 1.61. The number of carboxylic acid groups (broad SMARTS) is 1. The maximum atomic E-state index is 12.1. The van der Waals surface area contributed by atoms with E-state index in [2.05, 4.69) is 10.6 Å². The lowest BCUT2D eigenvalue weighted by molar-refractivity contribution is -0.149. The molecule has 6 heteroatoms. The SMILES string of the molecule is C[C@@H](NC(=O)C1(C(=O)O)CC1)c1ccc2c(c1)CCC(=O)N2. The lowest BCUT2D eigenvalue weighted by Crippen LogP contribution is -2.38. The van der Waals surface area contributed by atoms with Crippen LogP contribution in [-0.2, 0) is 20.8 Å². The molecular weight excluding hydrogens is 284 g/mol. The van der Waals surface area contributed by atoms with E-state index in [1.165, 1.54) is 0 Å². The zero-order valence-corrected chi connectivity index (χ0v) is 12.3. The summed E-state index contributed by atoms with van der Waals surface area (Å²) in [6, 6.07) is 5.36. The summed E-state index contributed by atoms with van der Waals surface area (Å²) in [4.78, 5) is 34.6. The Bertz CT molecular complexity index is 664. The zero-order chi connectivity index (χ0) is 15.9. The van der Waals surface area contributed by atoms with Gasteiger partial charge in [-0.1, -0.05) is 12.1 Å². The summed E-state index contributed by atoms with van der Waals surface area (Å²) >= 11 is 0. The van der Waals surface area contributed by atoms with Crippen molar-refractivity contribution in [2.24, 2.45) is 5.41 Å². The van der Waals surface area contributed by atoms with Crippen LogP contribution in [0, 0.1) is 5.41 Å². The summed E-state index contributed by atoms with van der Waals surface area (Å²) in [5, 5.41) is 14.7. The molecule has 1 aliphatic heterocycles. The number of carboxylic acids is 1. The second-order valence-corrected chi connectivity index (χ2v) is 6.05. The van der Waals surface area contributed by atoms with Crippen molar-refractivity contribution < 1.29 is 19.5 Å². The van der Waals surface area contributed by atoms with Gasteiger partial charge in [-0.25, -0.2) is 0 Å². The Kier molecular flexibility index (Phi) is 3.39. The molecule has 3 N–H and O–H groups in total. The van der Waals surface area contributed by atoms with Gasteiger partial charge in [0.05, 0.1) is 6.04 Å². The van der Waals surface area contributed by atoms with E-state index in [-0.39, 0.29) is 11.9 Å². The Hall–Kier alpha value is -2.37. The van der Waals surface area contributed by atoms with Crippen molar-refractivity contribution in [2.75, 3.05) is 5.32 Å². The van der Waals surface area contributed by atoms with E-state index in [0.29, 0.717) is 25.7 Å². The number of benzene rings is 1. The molecule has 1 atom stereocenters. The number of carbonyl (C=O) groups is 3. The van der Waals surface area contributed by atoms with Crippen LogP contribution in [0.3, 0.4) is 0 Å². The highest BCUT2D eigenvalue weighted by atomic mass is 16.4. The third-order valence-electron chi connectivity index (χ3n) is 4.47. The van der Waals surface area contributed by atoms with Gasteiger partial charge in [-0.15, -0.1) is 0 Å². The Morgan fingerprint density at radius 2 is 2.05 bits per heavy atom. The fourth-order valence-electron chi connectivity index (χ4n) is 2.75. The molecule has 2 amide bonds. The molecule has 116 valence electrons. The maximum Gasteiger partial charge on any atom is 0.319 e. The molecule has 1 saturated carbocycles. The third-order valence-corrected chi connectivity index (χ3v) is 4.47. The molecular formula is C16H18N2O4. The molecule has 1 heterocycles. The normalized spacial score (nSPS) is 19.6. The molecule has 1 aromatic rings. The fourth-order valence-corrected chi connectivity index (χ4v) is 2.75. The van der Waals surface area contributed by atoms with E-state index in [0.717, 1.165) is 16.8 Å². The highest BCUT2D eigenvalue weighted by Gasteiger charge is 2.57. The number of nitrogens with one attached hydrogen (secondary N) is 2. The van der Waals surface area contributed by atoms with Gasteiger partial charge >= 0.3 is 5.97 Å². The zero-order valence-electron chi connectivity index (χ0n) is 12.3. The molecule has 3 rings (SSSR count). The van der Waals surface area contributed by atoms with Gasteiger partial charge < -0.3 is 15.7 Å². The minimum absolute atomic E-state index is 0.0127. The monoisotopic (exact) mass is 302 g/mol. The van der Waals surface area contributed by atoms with Gasteiger partial charge in [0.25, 0.3) is 0 Å². The average Bonchev–Trinajstić information content (AvgIpc) is 3.28. The van der Waals surface area contributed by atoms with Gasteiger partial charge in [0, 0.05) is 12.1 Å². The molecule has 0 unspecified atom stereocenters. The van der Waals surface area contributed by atoms with Gasteiger partial charge in [-0.05, 0) is 43.4 Å². The molecule has 0 spiro atoms. The van der Waals surface area contributed by atoms with Crippen LogP contribution in [0.1, 0.15) is 43.4 Å². The van der Waals surface area contributed by atoms with Crippen molar-refractivity contribution in [1.82, 2.24) is 5.32 Å². The topological polar surface area (TPSA) is 95.5 Å². The van der Waals surface area contributed by atoms with Crippen molar-refractivity contribution >= 4 is 23.5 Å². The van der Waals surface area contributed by atoms with Crippen LogP contribution in [0.15, 0.2) is 18.2 Å². The highest BCUT2D eigenvalue weighted by molar-refractivity contribution is 6.05. The number of hydrogen-bond donors (Lipinski definition) is 3. The van der Waals surface area contributed by atoms with Crippen LogP contribution in [0.25, 0.3) is 0 Å². The Morgan fingerprint density at radius 3 is 2.68 bits per heavy atom. The first kappa shape index (κ1) is 14.6. The summed E-state index contributed by atoms with van der Waals surface area (Å²) in [6.45, 7) is 1.83. The molecule has 0 saturated heterocycles. The summed E-state index contributed by atoms with van der Waals surface area (Å²) in [7, 11) is 0. The first-order valence-corrected chi connectivity index (χ1v) is 7.39. The molecule has 1 fully saturated rings. The lowest BCUT2D eigenvalue weighted by Gasteiger charge is -2.21. The molecule has 0 aromatic heterocycles. The standard InChI is InChI=1S/C16H18N2O4/c1-9(17-14(20)16(6-7-16)15(21)22)10-2-4-12-11(8-10)3-5-13(19)18-12/h2,4,8-9H,3,5-7H2,1H3,(H,17,20)(H,18,19)(H,21,22)/t9-/m1/s1. The van der Waals surface area contributed by atoms with Crippen LogP contribution >= 0.6 is 0 Å². The van der Waals surface area contributed by atoms with Crippen molar-refractivity contribution in [3.8, 4) is 0 Å². The highest BCUT2D eigenvalue weighted by Crippen LogP contribution is 2.46. The third kappa shape index (κ3) is 2.45. The average molecular weight is 302 g/mol. The van der Waals surface area contributed by atoms with E-state index in [1.807, 2.05) is 25.1 Å². The number of rotatable bonds is 4. The maximum absolute atomic E-state index is 12.1. The van der Waals surface area contributed by atoms with Gasteiger partial charge in [0.1, 0.15) is 5.41 Å². The van der Waals surface area contributed by atoms with Crippen LogP contribution < -0.4 is 10.6 Å². The van der Waals surface area contributed by atoms with Crippen LogP contribution in [0.2, 0.25) is 0 Å². The van der Waals surface area contributed by atoms with Crippen LogP contribution in [-0.4, -0.2) is 22.9 Å². The van der Waals surface area contributed by atoms with Gasteiger partial charge in [-0.2, -0.15) is 0 Å². The van der Waals surface area contributed by atoms with E-state index < -0.39 is 17.3 Å². The Labute approximate surface area is 127 Å². The van der Waals surface area contributed by atoms with Crippen LogP contribution in [0.5, 0.6) is 0 Å². The molecule has 1 aliphatic carbocycles. The van der Waals surface area contributed by atoms with Crippen molar-refractivity contribution in [1.29, 1.82) is 0 Å². The number of fused-ring (bicyclic) bond motifs is 1. The second-order valence-electron chi connectivity index (χ2n) is 6.05. The number of hydrogen-bond acceptors (Lipinski definition) is 3. The quantitative estimate of drug-likeness (QED) is 0.736. The predicted molar refractivity (Wildman–Crippen MR) is 79.3 cm³/mol. The molecule has 6 nitrogen and oxygen atoms in total. The van der Waals surface area contributed by atoms with Gasteiger partial charge in [0.15, 0.2) is 0 Å². The minimum Gasteiger partial charge on any atom is -0.480 e. The largest absolute Gasteiger partial charge is 0.480 e. The second kappa shape index (κ2) is 5.12. The summed E-state index contributed by atoms with van der Waals surface area (Å²) in [6.07, 6.45) is 1.93. The smallest absolute Gasteiger partial charge is 0.319 e. The van der Waals surface area contributed by atoms with E-state index in [1.54, 1.807) is 0 Å².